The first kappa shape index (κ1) is 18.2. The van der Waals surface area contributed by atoms with E-state index in [1.807, 2.05) is 12.1 Å². The van der Waals surface area contributed by atoms with E-state index in [9.17, 15) is 9.59 Å². The normalized spacial score (nSPS) is 10.7. The van der Waals surface area contributed by atoms with E-state index in [2.05, 4.69) is 52.8 Å². The first-order chi connectivity index (χ1) is 11.4. The highest BCUT2D eigenvalue weighted by molar-refractivity contribution is 9.10. The Labute approximate surface area is 149 Å². The van der Waals surface area contributed by atoms with Gasteiger partial charge < -0.3 is 20.0 Å². The highest BCUT2D eigenvalue weighted by Crippen LogP contribution is 2.13. The fourth-order valence-electron chi connectivity index (χ4n) is 2.13. The fraction of sp³-hybridized carbons (Fsp3) is 0.294. The molecule has 2 aromatic rings. The van der Waals surface area contributed by atoms with E-state index < -0.39 is 5.91 Å². The van der Waals surface area contributed by atoms with Gasteiger partial charge in [-0.05, 0) is 33.6 Å². The van der Waals surface area contributed by atoms with E-state index in [1.165, 1.54) is 16.5 Å². The van der Waals surface area contributed by atoms with Crippen LogP contribution in [0.2, 0.25) is 0 Å². The van der Waals surface area contributed by atoms with Gasteiger partial charge in [0.15, 0.2) is 10.4 Å². The van der Waals surface area contributed by atoms with Crippen LogP contribution in [0.1, 0.15) is 21.7 Å². The molecule has 0 aliphatic carbocycles. The lowest BCUT2D eigenvalue weighted by Crippen LogP contribution is -3.04. The molecule has 0 aliphatic heterocycles. The van der Waals surface area contributed by atoms with Crippen molar-refractivity contribution in [1.82, 2.24) is 10.6 Å². The highest BCUT2D eigenvalue weighted by Gasteiger charge is 2.11. The Bertz CT molecular complexity index is 695. The summed E-state index contributed by atoms with van der Waals surface area (Å²) in [6.07, 6.45) is 0. The molecule has 24 heavy (non-hydrogen) atoms. The van der Waals surface area contributed by atoms with Crippen LogP contribution < -0.4 is 15.5 Å². The molecule has 0 aliphatic rings. The minimum absolute atomic E-state index is 0.0980. The van der Waals surface area contributed by atoms with Crippen LogP contribution in [0.4, 0.5) is 0 Å². The summed E-state index contributed by atoms with van der Waals surface area (Å²) in [5, 5.41) is 5.28. The molecule has 0 saturated carbocycles. The molecule has 0 radical (unpaired) electrons. The van der Waals surface area contributed by atoms with Crippen molar-refractivity contribution >= 4 is 27.7 Å². The average molecular weight is 395 g/mol. The molecule has 0 saturated heterocycles. The van der Waals surface area contributed by atoms with Crippen LogP contribution in [0.5, 0.6) is 0 Å². The third kappa shape index (κ3) is 5.82. The Hall–Kier alpha value is -2.12. The smallest absolute Gasteiger partial charge is 0.287 e. The largest absolute Gasteiger partial charge is 0.444 e. The number of amides is 2. The number of hydrogen-bond donors (Lipinski definition) is 3. The van der Waals surface area contributed by atoms with Crippen LogP contribution in [0.15, 0.2) is 45.5 Å². The average Bonchev–Trinajstić information content (AvgIpc) is 2.98. The van der Waals surface area contributed by atoms with E-state index in [-0.39, 0.29) is 18.2 Å². The van der Waals surface area contributed by atoms with E-state index in [1.54, 1.807) is 6.07 Å². The molecule has 128 valence electrons. The van der Waals surface area contributed by atoms with Crippen LogP contribution in [-0.4, -0.2) is 32.5 Å². The number of quaternary nitrogens is 1. The van der Waals surface area contributed by atoms with Crippen LogP contribution in [0, 0.1) is 0 Å². The number of halogens is 1. The van der Waals surface area contributed by atoms with Gasteiger partial charge in [-0.15, -0.1) is 0 Å². The van der Waals surface area contributed by atoms with Gasteiger partial charge >= 0.3 is 0 Å². The standard InChI is InChI=1S/C17H20BrN3O3/c1-21(2)11-13-5-3-12(4-6-13)9-19-16(22)10-20-17(23)14-7-8-15(18)24-14/h3-8H,9-11H2,1-2H3,(H,19,22)(H,20,23)/p+1. The lowest BCUT2D eigenvalue weighted by atomic mass is 10.1. The minimum Gasteiger partial charge on any atom is -0.444 e. The first-order valence-corrected chi connectivity index (χ1v) is 8.40. The van der Waals surface area contributed by atoms with Gasteiger partial charge in [0, 0.05) is 12.1 Å². The number of furan rings is 1. The molecule has 2 rings (SSSR count). The van der Waals surface area contributed by atoms with E-state index in [0.29, 0.717) is 11.2 Å². The molecule has 3 N–H and O–H groups in total. The Morgan fingerprint density at radius 3 is 2.29 bits per heavy atom. The van der Waals surface area contributed by atoms with Crippen molar-refractivity contribution in [3.8, 4) is 0 Å². The molecule has 1 heterocycles. The van der Waals surface area contributed by atoms with Crippen molar-refractivity contribution in [1.29, 1.82) is 0 Å². The number of nitrogens with one attached hydrogen (secondary N) is 3. The van der Waals surface area contributed by atoms with Crippen molar-refractivity contribution in [3.05, 3.63) is 58.0 Å². The maximum absolute atomic E-state index is 11.8. The molecule has 0 fully saturated rings. The van der Waals surface area contributed by atoms with Gasteiger partial charge in [0.25, 0.3) is 5.91 Å². The molecule has 1 aromatic heterocycles. The zero-order valence-corrected chi connectivity index (χ0v) is 15.3. The molecule has 7 heteroatoms. The quantitative estimate of drug-likeness (QED) is 0.647. The summed E-state index contributed by atoms with van der Waals surface area (Å²) < 4.78 is 5.59. The maximum Gasteiger partial charge on any atom is 0.287 e. The predicted octanol–water partition coefficient (Wildman–Crippen LogP) is 0.733. The number of rotatable bonds is 7. The van der Waals surface area contributed by atoms with Crippen molar-refractivity contribution in [2.45, 2.75) is 13.1 Å². The second-order valence-corrected chi connectivity index (χ2v) is 6.55. The second kappa shape index (κ2) is 8.65. The summed E-state index contributed by atoms with van der Waals surface area (Å²) in [6, 6.07) is 11.3. The third-order valence-electron chi connectivity index (χ3n) is 3.28. The zero-order chi connectivity index (χ0) is 17.5. The second-order valence-electron chi connectivity index (χ2n) is 5.76. The van der Waals surface area contributed by atoms with Gasteiger partial charge in [-0.25, -0.2) is 0 Å². The Morgan fingerprint density at radius 2 is 1.71 bits per heavy atom. The molecule has 0 unspecified atom stereocenters. The summed E-state index contributed by atoms with van der Waals surface area (Å²) in [5.41, 5.74) is 2.27. The molecule has 0 atom stereocenters. The zero-order valence-electron chi connectivity index (χ0n) is 13.7. The first-order valence-electron chi connectivity index (χ1n) is 7.61. The van der Waals surface area contributed by atoms with Gasteiger partial charge in [0.2, 0.25) is 5.91 Å². The number of hydrogen-bond acceptors (Lipinski definition) is 3. The van der Waals surface area contributed by atoms with Crippen molar-refractivity contribution < 1.29 is 18.9 Å². The predicted molar refractivity (Wildman–Crippen MR) is 93.5 cm³/mol. The lowest BCUT2D eigenvalue weighted by molar-refractivity contribution is -0.872. The van der Waals surface area contributed by atoms with Crippen molar-refractivity contribution in [2.24, 2.45) is 0 Å². The minimum atomic E-state index is -0.425. The van der Waals surface area contributed by atoms with E-state index >= 15 is 0 Å². The fourth-order valence-corrected chi connectivity index (χ4v) is 2.44. The number of carbonyl (C=O) groups excluding carboxylic acids is 2. The van der Waals surface area contributed by atoms with Gasteiger partial charge in [0.1, 0.15) is 6.54 Å². The van der Waals surface area contributed by atoms with Crippen LogP contribution in [0.3, 0.4) is 0 Å². The molecule has 6 nitrogen and oxygen atoms in total. The Morgan fingerprint density at radius 1 is 1.04 bits per heavy atom. The molecular weight excluding hydrogens is 374 g/mol. The van der Waals surface area contributed by atoms with E-state index in [0.717, 1.165) is 12.1 Å². The molecule has 2 amide bonds. The van der Waals surface area contributed by atoms with Crippen molar-refractivity contribution in [3.63, 3.8) is 0 Å². The van der Waals surface area contributed by atoms with E-state index in [4.69, 9.17) is 4.42 Å². The molecule has 0 spiro atoms. The maximum atomic E-state index is 11.8. The van der Waals surface area contributed by atoms with Gasteiger partial charge in [-0.1, -0.05) is 24.3 Å². The summed E-state index contributed by atoms with van der Waals surface area (Å²) in [6.45, 7) is 1.29. The topological polar surface area (TPSA) is 75.8 Å². The Balaban J connectivity index is 1.73. The van der Waals surface area contributed by atoms with Crippen LogP contribution in [-0.2, 0) is 17.9 Å². The third-order valence-corrected chi connectivity index (χ3v) is 3.70. The SMILES string of the molecule is C[NH+](C)Cc1ccc(CNC(=O)CNC(=O)c2ccc(Br)o2)cc1. The number of carbonyl (C=O) groups is 2. The van der Waals surface area contributed by atoms with Crippen LogP contribution in [0.25, 0.3) is 0 Å². The van der Waals surface area contributed by atoms with Gasteiger partial charge in [0.05, 0.1) is 20.6 Å². The number of benzene rings is 1. The Kier molecular flexibility index (Phi) is 6.57. The van der Waals surface area contributed by atoms with Crippen molar-refractivity contribution in [2.75, 3.05) is 20.6 Å². The summed E-state index contributed by atoms with van der Waals surface area (Å²) in [7, 11) is 4.20. The monoisotopic (exact) mass is 394 g/mol. The highest BCUT2D eigenvalue weighted by atomic mass is 79.9. The molecular formula is C17H21BrN3O3+. The molecule has 0 bridgehead atoms. The summed E-state index contributed by atoms with van der Waals surface area (Å²) >= 11 is 3.12. The summed E-state index contributed by atoms with van der Waals surface area (Å²) in [5.74, 6) is -0.518. The van der Waals surface area contributed by atoms with Crippen LogP contribution >= 0.6 is 15.9 Å². The molecule has 1 aromatic carbocycles. The van der Waals surface area contributed by atoms with Gasteiger partial charge in [-0.3, -0.25) is 9.59 Å². The summed E-state index contributed by atoms with van der Waals surface area (Å²) in [4.78, 5) is 24.9. The van der Waals surface area contributed by atoms with Gasteiger partial charge in [-0.2, -0.15) is 0 Å². The lowest BCUT2D eigenvalue weighted by Gasteiger charge is -2.09.